The number of thiophene rings is 1. The van der Waals surface area contributed by atoms with Gasteiger partial charge in [0.05, 0.1) is 0 Å². The van der Waals surface area contributed by atoms with E-state index in [0.29, 0.717) is 5.38 Å². The Hall–Kier alpha value is 0.470. The molecule has 1 unspecified atom stereocenters. The number of alkyl halides is 1. The number of halogens is 2. The van der Waals surface area contributed by atoms with Gasteiger partial charge in [0.25, 0.3) is 0 Å². The minimum Gasteiger partial charge on any atom is -0.148 e. The molecule has 1 heterocycles. The van der Waals surface area contributed by atoms with Crippen molar-refractivity contribution in [3.05, 3.63) is 20.8 Å². The van der Waals surface area contributed by atoms with Crippen LogP contribution in [-0.2, 0) is 6.42 Å². The van der Waals surface area contributed by atoms with Gasteiger partial charge >= 0.3 is 0 Å². The lowest BCUT2D eigenvalue weighted by atomic mass is 10.1. The van der Waals surface area contributed by atoms with Crippen molar-refractivity contribution >= 4 is 38.9 Å². The molecule has 0 aromatic carbocycles. The zero-order chi connectivity index (χ0) is 9.68. The molecule has 0 amide bonds. The second-order valence-electron chi connectivity index (χ2n) is 3.13. The predicted molar refractivity (Wildman–Crippen MR) is 64.9 cm³/mol. The maximum Gasteiger partial charge on any atom is 0.0333 e. The predicted octanol–water partition coefficient (Wildman–Crippen LogP) is 4.85. The fourth-order valence-corrected chi connectivity index (χ4v) is 2.84. The normalized spacial score (nSPS) is 13.2. The third-order valence-corrected chi connectivity index (χ3v) is 4.29. The lowest BCUT2D eigenvalue weighted by Gasteiger charge is -2.03. The standard InChI is InChI=1S/C10H14BrClS/c1-2-9(12)4-3-5-10-6-8(11)7-13-10/h6-7,9H,2-5H2,1H3. The molecule has 1 rings (SSSR count). The monoisotopic (exact) mass is 280 g/mol. The highest BCUT2D eigenvalue weighted by atomic mass is 79.9. The van der Waals surface area contributed by atoms with Crippen molar-refractivity contribution < 1.29 is 0 Å². The number of rotatable bonds is 5. The van der Waals surface area contributed by atoms with Crippen LogP contribution in [0.4, 0.5) is 0 Å². The Bertz CT molecular complexity index is 247. The average molecular weight is 282 g/mol. The van der Waals surface area contributed by atoms with Gasteiger partial charge in [-0.2, -0.15) is 0 Å². The highest BCUT2D eigenvalue weighted by Gasteiger charge is 2.02. The number of hydrogen-bond acceptors (Lipinski definition) is 1. The van der Waals surface area contributed by atoms with Gasteiger partial charge in [0, 0.05) is 20.1 Å². The molecular formula is C10H14BrClS. The Labute approximate surface area is 97.4 Å². The first kappa shape index (κ1) is 11.5. The van der Waals surface area contributed by atoms with Crippen molar-refractivity contribution in [3.63, 3.8) is 0 Å². The molecule has 0 radical (unpaired) electrons. The summed E-state index contributed by atoms with van der Waals surface area (Å²) in [4.78, 5) is 1.45. The van der Waals surface area contributed by atoms with Gasteiger partial charge in [0.1, 0.15) is 0 Å². The lowest BCUT2D eigenvalue weighted by molar-refractivity contribution is 0.678. The lowest BCUT2D eigenvalue weighted by Crippen LogP contribution is -1.96. The Morgan fingerprint density at radius 3 is 2.92 bits per heavy atom. The molecule has 0 N–H and O–H groups in total. The van der Waals surface area contributed by atoms with Crippen LogP contribution >= 0.6 is 38.9 Å². The van der Waals surface area contributed by atoms with Gasteiger partial charge in [0.15, 0.2) is 0 Å². The maximum absolute atomic E-state index is 6.03. The second-order valence-corrected chi connectivity index (χ2v) is 5.66. The molecule has 0 bridgehead atoms. The Balaban J connectivity index is 2.20. The summed E-state index contributed by atoms with van der Waals surface area (Å²) in [6, 6.07) is 2.19. The van der Waals surface area contributed by atoms with Crippen molar-refractivity contribution in [2.45, 2.75) is 38.0 Å². The summed E-state index contributed by atoms with van der Waals surface area (Å²) in [7, 11) is 0. The van der Waals surface area contributed by atoms with Gasteiger partial charge < -0.3 is 0 Å². The molecule has 1 aromatic heterocycles. The largest absolute Gasteiger partial charge is 0.148 e. The molecule has 1 aromatic rings. The molecular weight excluding hydrogens is 268 g/mol. The van der Waals surface area contributed by atoms with Crippen molar-refractivity contribution in [2.24, 2.45) is 0 Å². The van der Waals surface area contributed by atoms with Crippen LogP contribution in [0.2, 0.25) is 0 Å². The quantitative estimate of drug-likeness (QED) is 0.677. The Morgan fingerprint density at radius 2 is 2.38 bits per heavy atom. The van der Waals surface area contributed by atoms with E-state index in [0.717, 1.165) is 12.8 Å². The van der Waals surface area contributed by atoms with Crippen LogP contribution in [0.3, 0.4) is 0 Å². The molecule has 0 spiro atoms. The minimum absolute atomic E-state index is 0.364. The topological polar surface area (TPSA) is 0 Å². The van der Waals surface area contributed by atoms with Crippen molar-refractivity contribution in [1.29, 1.82) is 0 Å². The summed E-state index contributed by atoms with van der Waals surface area (Å²) in [6.45, 7) is 2.14. The van der Waals surface area contributed by atoms with Crippen molar-refractivity contribution in [1.82, 2.24) is 0 Å². The first-order valence-electron chi connectivity index (χ1n) is 4.59. The molecule has 0 aliphatic rings. The van der Waals surface area contributed by atoms with Crippen LogP contribution in [0, 0.1) is 0 Å². The molecule has 0 saturated heterocycles. The van der Waals surface area contributed by atoms with E-state index in [2.05, 4.69) is 34.3 Å². The molecule has 3 heteroatoms. The van der Waals surface area contributed by atoms with Crippen LogP contribution in [-0.4, -0.2) is 5.38 Å². The number of hydrogen-bond donors (Lipinski definition) is 0. The van der Waals surface area contributed by atoms with E-state index in [1.807, 2.05) is 11.3 Å². The zero-order valence-electron chi connectivity index (χ0n) is 7.72. The van der Waals surface area contributed by atoms with E-state index in [1.165, 1.54) is 22.2 Å². The molecule has 0 nitrogen and oxygen atoms in total. The summed E-state index contributed by atoms with van der Waals surface area (Å²) in [5, 5.41) is 2.50. The average Bonchev–Trinajstić information content (AvgIpc) is 2.51. The molecule has 0 aliphatic heterocycles. The highest BCUT2D eigenvalue weighted by molar-refractivity contribution is 9.10. The van der Waals surface area contributed by atoms with Gasteiger partial charge in [-0.1, -0.05) is 6.92 Å². The van der Waals surface area contributed by atoms with Crippen LogP contribution in [0.1, 0.15) is 31.1 Å². The van der Waals surface area contributed by atoms with E-state index in [9.17, 15) is 0 Å². The van der Waals surface area contributed by atoms with Gasteiger partial charge in [-0.05, 0) is 47.7 Å². The fraction of sp³-hybridized carbons (Fsp3) is 0.600. The first-order chi connectivity index (χ1) is 6.22. The Kier molecular flexibility index (Phi) is 5.37. The van der Waals surface area contributed by atoms with E-state index in [-0.39, 0.29) is 0 Å². The van der Waals surface area contributed by atoms with Crippen LogP contribution < -0.4 is 0 Å². The molecule has 74 valence electrons. The van der Waals surface area contributed by atoms with Gasteiger partial charge in [0.2, 0.25) is 0 Å². The van der Waals surface area contributed by atoms with Gasteiger partial charge in [-0.15, -0.1) is 22.9 Å². The second kappa shape index (κ2) is 6.05. The molecule has 1 atom stereocenters. The van der Waals surface area contributed by atoms with Gasteiger partial charge in [-0.25, -0.2) is 0 Å². The van der Waals surface area contributed by atoms with Crippen LogP contribution in [0.15, 0.2) is 15.9 Å². The zero-order valence-corrected chi connectivity index (χ0v) is 10.9. The van der Waals surface area contributed by atoms with Crippen LogP contribution in [0.25, 0.3) is 0 Å². The molecule has 13 heavy (non-hydrogen) atoms. The molecule has 0 aliphatic carbocycles. The third kappa shape index (κ3) is 4.48. The SMILES string of the molecule is CCC(Cl)CCCc1cc(Br)cs1. The van der Waals surface area contributed by atoms with E-state index in [4.69, 9.17) is 11.6 Å². The smallest absolute Gasteiger partial charge is 0.0333 e. The summed E-state index contributed by atoms with van der Waals surface area (Å²) < 4.78 is 1.20. The van der Waals surface area contributed by atoms with Crippen LogP contribution in [0.5, 0.6) is 0 Å². The van der Waals surface area contributed by atoms with Crippen molar-refractivity contribution in [3.8, 4) is 0 Å². The summed E-state index contributed by atoms with van der Waals surface area (Å²) in [5.41, 5.74) is 0. The summed E-state index contributed by atoms with van der Waals surface area (Å²) in [5.74, 6) is 0. The minimum atomic E-state index is 0.364. The first-order valence-corrected chi connectivity index (χ1v) is 6.70. The van der Waals surface area contributed by atoms with Crippen molar-refractivity contribution in [2.75, 3.05) is 0 Å². The third-order valence-electron chi connectivity index (χ3n) is 2.01. The van der Waals surface area contributed by atoms with E-state index in [1.54, 1.807) is 0 Å². The van der Waals surface area contributed by atoms with E-state index < -0.39 is 0 Å². The molecule has 0 fully saturated rings. The maximum atomic E-state index is 6.03. The van der Waals surface area contributed by atoms with Gasteiger partial charge in [-0.3, -0.25) is 0 Å². The van der Waals surface area contributed by atoms with E-state index >= 15 is 0 Å². The number of aryl methyl sites for hydroxylation is 1. The highest BCUT2D eigenvalue weighted by Crippen LogP contribution is 2.22. The fourth-order valence-electron chi connectivity index (χ4n) is 1.19. The Morgan fingerprint density at radius 1 is 1.62 bits per heavy atom. The summed E-state index contributed by atoms with van der Waals surface area (Å²) in [6.07, 6.45) is 4.58. The summed E-state index contributed by atoms with van der Waals surface area (Å²) >= 11 is 11.3. The molecule has 0 saturated carbocycles.